The highest BCUT2D eigenvalue weighted by Gasteiger charge is 2.74. The largest absolute Gasteiger partial charge is 0.373 e. The summed E-state index contributed by atoms with van der Waals surface area (Å²) in [5.74, 6) is -1.48. The summed E-state index contributed by atoms with van der Waals surface area (Å²) in [7, 11) is 0. The third-order valence-electron chi connectivity index (χ3n) is 11.1. The van der Waals surface area contributed by atoms with Gasteiger partial charge in [-0.1, -0.05) is 13.8 Å². The summed E-state index contributed by atoms with van der Waals surface area (Å²) in [5.41, 5.74) is -1.20. The molecular weight excluding hydrogens is 443 g/mol. The lowest BCUT2D eigenvalue weighted by atomic mass is 9.48. The maximum Gasteiger partial charge on any atom is 0.176 e. The van der Waals surface area contributed by atoms with Crippen LogP contribution in [0.2, 0.25) is 0 Å². The Morgan fingerprint density at radius 3 is 2.26 bits per heavy atom. The van der Waals surface area contributed by atoms with E-state index in [1.807, 2.05) is 6.92 Å². The summed E-state index contributed by atoms with van der Waals surface area (Å²) >= 11 is 0. The minimum Gasteiger partial charge on any atom is -0.373 e. The van der Waals surface area contributed by atoms with Crippen LogP contribution in [-0.4, -0.2) is 75.4 Å². The van der Waals surface area contributed by atoms with Gasteiger partial charge < -0.3 is 28.4 Å². The molecule has 9 unspecified atom stereocenters. The average Bonchev–Trinajstić information content (AvgIpc) is 3.55. The molecule has 3 aliphatic heterocycles. The van der Waals surface area contributed by atoms with E-state index in [2.05, 4.69) is 6.92 Å². The molecule has 0 amide bonds. The molecule has 0 N–H and O–H groups in total. The van der Waals surface area contributed by atoms with Crippen molar-refractivity contribution in [2.75, 3.05) is 39.6 Å². The molecule has 3 heterocycles. The highest BCUT2D eigenvalue weighted by Crippen LogP contribution is 2.69. The lowest BCUT2D eigenvalue weighted by Gasteiger charge is -2.58. The molecule has 0 bridgehead atoms. The van der Waals surface area contributed by atoms with Gasteiger partial charge in [0.2, 0.25) is 0 Å². The smallest absolute Gasteiger partial charge is 0.176 e. The Hall–Kier alpha value is -0.640. The third kappa shape index (κ3) is 2.71. The predicted octanol–water partition coefficient (Wildman–Crippen LogP) is 3.04. The van der Waals surface area contributed by atoms with Crippen molar-refractivity contribution in [1.29, 1.82) is 0 Å². The van der Waals surface area contributed by atoms with Crippen molar-refractivity contribution in [3.63, 3.8) is 0 Å². The Morgan fingerprint density at radius 2 is 1.53 bits per heavy atom. The van der Waals surface area contributed by atoms with Crippen LogP contribution in [0, 0.1) is 34.5 Å². The fourth-order valence-electron chi connectivity index (χ4n) is 9.56. The molecule has 8 heteroatoms. The molecular formula is C26H37FO7. The molecule has 34 heavy (non-hydrogen) atoms. The number of ketones is 1. The van der Waals surface area contributed by atoms with E-state index in [1.54, 1.807) is 0 Å². The van der Waals surface area contributed by atoms with E-state index in [9.17, 15) is 4.79 Å². The van der Waals surface area contributed by atoms with Crippen LogP contribution in [0.3, 0.4) is 0 Å². The highest BCUT2D eigenvalue weighted by molar-refractivity contribution is 5.83. The Balaban J connectivity index is 1.34. The number of alkyl halides is 1. The van der Waals surface area contributed by atoms with Gasteiger partial charge in [-0.3, -0.25) is 4.79 Å². The highest BCUT2D eigenvalue weighted by atomic mass is 19.1. The normalized spacial score (nSPS) is 53.3. The fourth-order valence-corrected chi connectivity index (χ4v) is 9.56. The standard InChI is InChI=1S/C26H37FO7/c1-23-5-6-25(31-9-10-32-25)14-17(23)18(28)13-15-16-3-4-26(33-11-12-34-26)24(16,2)22(27)21-20(19(15)23)29-7-8-30-21/h15-17,19-22H,3-14H2,1-2H3. The second kappa shape index (κ2) is 7.45. The molecule has 190 valence electrons. The van der Waals surface area contributed by atoms with Crippen molar-refractivity contribution < 1.29 is 37.6 Å². The molecule has 7 fully saturated rings. The molecule has 0 aromatic carbocycles. The first-order chi connectivity index (χ1) is 16.3. The summed E-state index contributed by atoms with van der Waals surface area (Å²) in [5, 5.41) is 0. The SMILES string of the molecule is CC12CCC3(CC1C(=O)CC1C2C2OCCOC2C(F)C2(C)C1CCC21OCCO1)OCCO3. The van der Waals surface area contributed by atoms with Crippen LogP contribution in [-0.2, 0) is 33.2 Å². The number of hydrogen-bond donors (Lipinski definition) is 0. The molecule has 4 aliphatic carbocycles. The van der Waals surface area contributed by atoms with E-state index in [0.29, 0.717) is 58.9 Å². The Bertz CT molecular complexity index is 854. The summed E-state index contributed by atoms with van der Waals surface area (Å²) < 4.78 is 53.9. The molecule has 7 aliphatic rings. The number of Topliss-reactive ketones (excluding diaryl/α,β-unsaturated/α-hetero) is 1. The average molecular weight is 481 g/mol. The van der Waals surface area contributed by atoms with Gasteiger partial charge >= 0.3 is 0 Å². The first-order valence-electron chi connectivity index (χ1n) is 13.3. The molecule has 0 aromatic heterocycles. The van der Waals surface area contributed by atoms with E-state index in [4.69, 9.17) is 28.4 Å². The summed E-state index contributed by atoms with van der Waals surface area (Å²) in [4.78, 5) is 13.8. The van der Waals surface area contributed by atoms with Crippen molar-refractivity contribution in [2.24, 2.45) is 34.5 Å². The lowest BCUT2D eigenvalue weighted by molar-refractivity contribution is -0.266. The minimum absolute atomic E-state index is 0.0142. The van der Waals surface area contributed by atoms with Gasteiger partial charge in [0.15, 0.2) is 11.6 Å². The first kappa shape index (κ1) is 22.5. The fraction of sp³-hybridized carbons (Fsp3) is 0.962. The molecule has 4 saturated carbocycles. The van der Waals surface area contributed by atoms with Gasteiger partial charge in [0, 0.05) is 31.6 Å². The van der Waals surface area contributed by atoms with Crippen molar-refractivity contribution in [3.8, 4) is 0 Å². The van der Waals surface area contributed by atoms with Gasteiger partial charge in [0.05, 0.1) is 51.2 Å². The zero-order valence-corrected chi connectivity index (χ0v) is 20.3. The quantitative estimate of drug-likeness (QED) is 0.528. The van der Waals surface area contributed by atoms with Gasteiger partial charge in [-0.05, 0) is 36.0 Å². The van der Waals surface area contributed by atoms with Gasteiger partial charge in [0.25, 0.3) is 0 Å². The maximum atomic E-state index is 16.9. The van der Waals surface area contributed by atoms with Gasteiger partial charge in [-0.15, -0.1) is 0 Å². The van der Waals surface area contributed by atoms with Crippen LogP contribution in [0.1, 0.15) is 52.4 Å². The van der Waals surface area contributed by atoms with Crippen LogP contribution in [0.5, 0.6) is 0 Å². The van der Waals surface area contributed by atoms with Crippen LogP contribution in [0.15, 0.2) is 0 Å². The van der Waals surface area contributed by atoms with Gasteiger partial charge in [0.1, 0.15) is 18.1 Å². The molecule has 0 radical (unpaired) electrons. The number of halogens is 1. The number of carbonyl (C=O) groups is 1. The van der Waals surface area contributed by atoms with Crippen LogP contribution < -0.4 is 0 Å². The number of hydrogen-bond acceptors (Lipinski definition) is 7. The Labute approximate surface area is 200 Å². The first-order valence-corrected chi connectivity index (χ1v) is 13.3. The van der Waals surface area contributed by atoms with Gasteiger partial charge in [-0.25, -0.2) is 4.39 Å². The van der Waals surface area contributed by atoms with E-state index in [1.165, 1.54) is 0 Å². The second-order valence-corrected chi connectivity index (χ2v) is 12.2. The zero-order valence-electron chi connectivity index (χ0n) is 20.3. The number of fused-ring (bicyclic) bond motifs is 8. The molecule has 7 nitrogen and oxygen atoms in total. The zero-order chi connectivity index (χ0) is 23.3. The molecule has 3 saturated heterocycles. The van der Waals surface area contributed by atoms with Crippen LogP contribution >= 0.6 is 0 Å². The molecule has 2 spiro atoms. The molecule has 7 rings (SSSR count). The van der Waals surface area contributed by atoms with E-state index < -0.39 is 29.3 Å². The van der Waals surface area contributed by atoms with Gasteiger partial charge in [-0.2, -0.15) is 0 Å². The Morgan fingerprint density at radius 1 is 0.853 bits per heavy atom. The summed E-state index contributed by atoms with van der Waals surface area (Å²) in [6, 6.07) is 0. The van der Waals surface area contributed by atoms with E-state index in [0.717, 1.165) is 19.3 Å². The Kier molecular flexibility index (Phi) is 4.94. The molecule has 0 aromatic rings. The van der Waals surface area contributed by atoms with E-state index in [-0.39, 0.29) is 41.0 Å². The topological polar surface area (TPSA) is 72.5 Å². The van der Waals surface area contributed by atoms with Crippen molar-refractivity contribution in [3.05, 3.63) is 0 Å². The number of ether oxygens (including phenoxy) is 6. The lowest BCUT2D eigenvalue weighted by Crippen LogP contribution is -2.61. The summed E-state index contributed by atoms with van der Waals surface area (Å²) in [6.45, 7) is 7.21. The monoisotopic (exact) mass is 480 g/mol. The maximum absolute atomic E-state index is 16.9. The molecule has 9 atom stereocenters. The third-order valence-corrected chi connectivity index (χ3v) is 11.1. The van der Waals surface area contributed by atoms with Crippen molar-refractivity contribution in [1.82, 2.24) is 0 Å². The minimum atomic E-state index is -1.29. The van der Waals surface area contributed by atoms with Crippen LogP contribution in [0.4, 0.5) is 4.39 Å². The predicted molar refractivity (Wildman–Crippen MR) is 117 cm³/mol. The second-order valence-electron chi connectivity index (χ2n) is 12.2. The number of carbonyl (C=O) groups excluding carboxylic acids is 1. The summed E-state index contributed by atoms with van der Waals surface area (Å²) in [6.07, 6.45) is 1.69. The van der Waals surface area contributed by atoms with Crippen molar-refractivity contribution in [2.45, 2.75) is 82.3 Å². The van der Waals surface area contributed by atoms with E-state index >= 15 is 4.39 Å². The van der Waals surface area contributed by atoms with Crippen molar-refractivity contribution >= 4 is 5.78 Å². The number of rotatable bonds is 0. The van der Waals surface area contributed by atoms with Crippen LogP contribution in [0.25, 0.3) is 0 Å².